The van der Waals surface area contributed by atoms with Crippen molar-refractivity contribution in [1.82, 2.24) is 4.98 Å². The highest BCUT2D eigenvalue weighted by molar-refractivity contribution is 9.10. The van der Waals surface area contributed by atoms with E-state index in [-0.39, 0.29) is 0 Å². The van der Waals surface area contributed by atoms with E-state index in [2.05, 4.69) is 20.9 Å². The van der Waals surface area contributed by atoms with Gasteiger partial charge in [0.25, 0.3) is 0 Å². The Labute approximate surface area is 101 Å². The highest BCUT2D eigenvalue weighted by atomic mass is 79.9. The van der Waals surface area contributed by atoms with Crippen LogP contribution in [0.1, 0.15) is 5.69 Å². The lowest BCUT2D eigenvalue weighted by molar-refractivity contribution is 0.418. The second-order valence-electron chi connectivity index (χ2n) is 3.25. The molecule has 0 aliphatic heterocycles. The molecule has 78 valence electrons. The van der Waals surface area contributed by atoms with Crippen LogP contribution < -0.4 is 4.74 Å². The molecule has 0 saturated carbocycles. The highest BCUT2D eigenvalue weighted by Gasteiger charge is 2.08. The van der Waals surface area contributed by atoms with Crippen molar-refractivity contribution >= 4 is 38.4 Å². The van der Waals surface area contributed by atoms with E-state index in [4.69, 9.17) is 16.3 Å². The van der Waals surface area contributed by atoms with Crippen LogP contribution in [-0.4, -0.2) is 12.1 Å². The number of pyridine rings is 1. The number of benzene rings is 1. The third-order valence-electron chi connectivity index (χ3n) is 2.14. The highest BCUT2D eigenvalue weighted by Crippen LogP contribution is 2.33. The van der Waals surface area contributed by atoms with Gasteiger partial charge in [0.1, 0.15) is 11.3 Å². The Morgan fingerprint density at radius 3 is 2.73 bits per heavy atom. The summed E-state index contributed by atoms with van der Waals surface area (Å²) in [7, 11) is 1.62. The summed E-state index contributed by atoms with van der Waals surface area (Å²) in [5.74, 6) is 0.727. The number of hydrogen-bond donors (Lipinski definition) is 0. The number of aromatic nitrogens is 1. The zero-order valence-electron chi connectivity index (χ0n) is 8.34. The Kier molecular flexibility index (Phi) is 2.85. The number of ether oxygens (including phenoxy) is 1. The van der Waals surface area contributed by atoms with E-state index >= 15 is 0 Å². The van der Waals surface area contributed by atoms with E-state index in [0.717, 1.165) is 26.8 Å². The van der Waals surface area contributed by atoms with Crippen molar-refractivity contribution in [2.45, 2.75) is 6.92 Å². The fraction of sp³-hybridized carbons (Fsp3) is 0.182. The van der Waals surface area contributed by atoms with Crippen LogP contribution >= 0.6 is 27.5 Å². The first-order chi connectivity index (χ1) is 7.11. The van der Waals surface area contributed by atoms with E-state index in [9.17, 15) is 0 Å². The maximum atomic E-state index is 6.15. The average Bonchev–Trinajstić information content (AvgIpc) is 2.18. The molecule has 0 fully saturated rings. The van der Waals surface area contributed by atoms with E-state index in [1.54, 1.807) is 7.11 Å². The summed E-state index contributed by atoms with van der Waals surface area (Å²) in [5.41, 5.74) is 1.68. The molecule has 0 radical (unpaired) electrons. The maximum Gasteiger partial charge on any atom is 0.146 e. The molecule has 0 bridgehead atoms. The Morgan fingerprint density at radius 2 is 2.07 bits per heavy atom. The Bertz CT molecular complexity index is 527. The predicted molar refractivity (Wildman–Crippen MR) is 65.7 cm³/mol. The van der Waals surface area contributed by atoms with Crippen LogP contribution in [0.15, 0.2) is 22.7 Å². The molecule has 1 aromatic carbocycles. The molecule has 0 amide bonds. The minimum Gasteiger partial charge on any atom is -0.494 e. The number of halogens is 2. The molecule has 4 heteroatoms. The number of nitrogens with zero attached hydrogens (tertiary/aromatic N) is 1. The Morgan fingerprint density at radius 1 is 1.33 bits per heavy atom. The van der Waals surface area contributed by atoms with Crippen molar-refractivity contribution in [2.75, 3.05) is 7.11 Å². The number of rotatable bonds is 1. The lowest BCUT2D eigenvalue weighted by atomic mass is 10.2. The van der Waals surface area contributed by atoms with Crippen LogP contribution in [0.25, 0.3) is 10.9 Å². The Balaban J connectivity index is 2.89. The van der Waals surface area contributed by atoms with Crippen LogP contribution in [-0.2, 0) is 0 Å². The molecule has 1 heterocycles. The van der Waals surface area contributed by atoms with Crippen molar-refractivity contribution in [3.63, 3.8) is 0 Å². The molecule has 0 aliphatic rings. The van der Waals surface area contributed by atoms with Gasteiger partial charge in [-0.05, 0) is 25.1 Å². The number of aryl methyl sites for hydroxylation is 1. The largest absolute Gasteiger partial charge is 0.494 e. The molecule has 0 atom stereocenters. The lowest BCUT2D eigenvalue weighted by Crippen LogP contribution is -1.90. The summed E-state index contributed by atoms with van der Waals surface area (Å²) in [6.45, 7) is 1.91. The fourth-order valence-corrected chi connectivity index (χ4v) is 2.24. The van der Waals surface area contributed by atoms with E-state index < -0.39 is 0 Å². The van der Waals surface area contributed by atoms with Gasteiger partial charge in [-0.15, -0.1) is 0 Å². The van der Waals surface area contributed by atoms with E-state index in [1.165, 1.54) is 0 Å². The first kappa shape index (κ1) is 10.7. The molecule has 0 N–H and O–H groups in total. The van der Waals surface area contributed by atoms with Crippen molar-refractivity contribution in [3.8, 4) is 5.75 Å². The van der Waals surface area contributed by atoms with Crippen molar-refractivity contribution in [3.05, 3.63) is 33.4 Å². The summed E-state index contributed by atoms with van der Waals surface area (Å²) in [4.78, 5) is 4.42. The van der Waals surface area contributed by atoms with E-state index in [0.29, 0.717) is 5.02 Å². The second-order valence-corrected chi connectivity index (χ2v) is 4.57. The maximum absolute atomic E-state index is 6.15. The monoisotopic (exact) mass is 285 g/mol. The molecule has 2 rings (SSSR count). The van der Waals surface area contributed by atoms with E-state index in [1.807, 2.05) is 25.1 Å². The summed E-state index contributed by atoms with van der Waals surface area (Å²) >= 11 is 9.56. The number of hydrogen-bond acceptors (Lipinski definition) is 2. The first-order valence-electron chi connectivity index (χ1n) is 4.42. The molecule has 15 heavy (non-hydrogen) atoms. The van der Waals surface area contributed by atoms with Gasteiger partial charge in [-0.25, -0.2) is 4.98 Å². The van der Waals surface area contributed by atoms with Crippen LogP contribution in [0.5, 0.6) is 5.75 Å². The molecule has 1 aromatic heterocycles. The third kappa shape index (κ3) is 1.94. The molecular weight excluding hydrogens is 277 g/mol. The van der Waals surface area contributed by atoms with Gasteiger partial charge < -0.3 is 4.74 Å². The zero-order chi connectivity index (χ0) is 11.0. The standard InChI is InChI=1S/C11H9BrClNO/c1-6-3-9(13)8-4-7(12)5-10(15-2)11(8)14-6/h3-5H,1-2H3. The van der Waals surface area contributed by atoms with Gasteiger partial charge in [0.15, 0.2) is 0 Å². The smallest absolute Gasteiger partial charge is 0.146 e. The molecule has 0 spiro atoms. The summed E-state index contributed by atoms with van der Waals surface area (Å²) in [6.07, 6.45) is 0. The van der Waals surface area contributed by atoms with Crippen LogP contribution in [0, 0.1) is 6.92 Å². The van der Waals surface area contributed by atoms with Crippen molar-refractivity contribution in [1.29, 1.82) is 0 Å². The SMILES string of the molecule is COc1cc(Br)cc2c(Cl)cc(C)nc12. The number of methoxy groups -OCH3 is 1. The summed E-state index contributed by atoms with van der Waals surface area (Å²) in [5, 5.41) is 1.59. The second kappa shape index (κ2) is 3.99. The van der Waals surface area contributed by atoms with Gasteiger partial charge in [-0.1, -0.05) is 27.5 Å². The minimum absolute atomic E-state index is 0.692. The van der Waals surface area contributed by atoms with Gasteiger partial charge in [0.2, 0.25) is 0 Å². The quantitative estimate of drug-likeness (QED) is 0.791. The van der Waals surface area contributed by atoms with Gasteiger partial charge in [0.05, 0.1) is 12.1 Å². The normalized spacial score (nSPS) is 10.7. The fourth-order valence-electron chi connectivity index (χ4n) is 1.50. The van der Waals surface area contributed by atoms with Gasteiger partial charge in [-0.3, -0.25) is 0 Å². The number of fused-ring (bicyclic) bond motifs is 1. The van der Waals surface area contributed by atoms with Crippen LogP contribution in [0.3, 0.4) is 0 Å². The van der Waals surface area contributed by atoms with Crippen LogP contribution in [0.4, 0.5) is 0 Å². The zero-order valence-corrected chi connectivity index (χ0v) is 10.7. The summed E-state index contributed by atoms with van der Waals surface area (Å²) in [6, 6.07) is 5.66. The molecule has 0 saturated heterocycles. The van der Waals surface area contributed by atoms with Crippen molar-refractivity contribution < 1.29 is 4.74 Å². The molecule has 2 aromatic rings. The molecule has 2 nitrogen and oxygen atoms in total. The third-order valence-corrected chi connectivity index (χ3v) is 2.91. The van der Waals surface area contributed by atoms with Crippen molar-refractivity contribution in [2.24, 2.45) is 0 Å². The topological polar surface area (TPSA) is 22.1 Å². The Hall–Kier alpha value is -0.800. The predicted octanol–water partition coefficient (Wildman–Crippen LogP) is 3.97. The first-order valence-corrected chi connectivity index (χ1v) is 5.59. The minimum atomic E-state index is 0.692. The summed E-state index contributed by atoms with van der Waals surface area (Å²) < 4.78 is 6.20. The molecule has 0 unspecified atom stereocenters. The van der Waals surface area contributed by atoms with Gasteiger partial charge in [0, 0.05) is 15.6 Å². The van der Waals surface area contributed by atoms with Gasteiger partial charge >= 0.3 is 0 Å². The van der Waals surface area contributed by atoms with Crippen LogP contribution in [0.2, 0.25) is 5.02 Å². The van der Waals surface area contributed by atoms with Gasteiger partial charge in [-0.2, -0.15) is 0 Å². The molecular formula is C11H9BrClNO. The lowest BCUT2D eigenvalue weighted by Gasteiger charge is -2.07. The average molecular weight is 287 g/mol. The molecule has 0 aliphatic carbocycles.